The number of aromatic hydroxyl groups is 1. The lowest BCUT2D eigenvalue weighted by atomic mass is 10.1. The molecule has 0 radical (unpaired) electrons. The van der Waals surface area contributed by atoms with Crippen LogP contribution >= 0.6 is 23.6 Å². The molecule has 1 aromatic carbocycles. The predicted octanol–water partition coefficient (Wildman–Crippen LogP) is 4.00. The molecule has 3 N–H and O–H groups in total. The molecule has 9 heteroatoms. The van der Waals surface area contributed by atoms with Crippen molar-refractivity contribution in [1.29, 1.82) is 0 Å². The quantitative estimate of drug-likeness (QED) is 0.411. The number of carbonyl (C=O) groups is 2. The summed E-state index contributed by atoms with van der Waals surface area (Å²) in [7, 11) is 0. The molecule has 2 heterocycles. The number of fused-ring (bicyclic) bond motifs is 1. The van der Waals surface area contributed by atoms with Gasteiger partial charge in [-0.2, -0.15) is 0 Å². The largest absolute Gasteiger partial charge is 0.493 e. The molecule has 0 fully saturated rings. The van der Waals surface area contributed by atoms with Crippen LogP contribution in [0.4, 0.5) is 5.69 Å². The first-order valence-electron chi connectivity index (χ1n) is 9.22. The molecule has 152 valence electrons. The number of nitrogens with zero attached hydrogens (tertiary/aromatic N) is 2. The zero-order valence-corrected chi connectivity index (χ0v) is 17.3. The van der Waals surface area contributed by atoms with Gasteiger partial charge in [-0.1, -0.05) is 24.6 Å². The third-order valence-electron chi connectivity index (χ3n) is 4.46. The zero-order valence-electron chi connectivity index (χ0n) is 15.6. The van der Waals surface area contributed by atoms with E-state index in [-0.39, 0.29) is 24.8 Å². The summed E-state index contributed by atoms with van der Waals surface area (Å²) in [6.45, 7) is 0.204. The van der Waals surface area contributed by atoms with Gasteiger partial charge in [0.2, 0.25) is 11.8 Å². The molecule has 0 spiro atoms. The second-order valence-corrected chi connectivity index (χ2v) is 8.24. The van der Waals surface area contributed by atoms with Crippen molar-refractivity contribution >= 4 is 59.0 Å². The summed E-state index contributed by atoms with van der Waals surface area (Å²) >= 11 is 6.75. The van der Waals surface area contributed by atoms with Gasteiger partial charge in [-0.15, -0.1) is 11.3 Å². The molecular formula is C20H21N3O4S2. The number of benzene rings is 1. The number of thiazole rings is 1. The van der Waals surface area contributed by atoms with Crippen LogP contribution in [0.3, 0.4) is 0 Å². The van der Waals surface area contributed by atoms with E-state index in [9.17, 15) is 14.7 Å². The Balaban J connectivity index is 1.55. The number of nitrogens with one attached hydrogen (secondary N) is 1. The average Bonchev–Trinajstić information content (AvgIpc) is 3.22. The molecule has 1 aliphatic rings. The van der Waals surface area contributed by atoms with Gasteiger partial charge < -0.3 is 15.5 Å². The molecule has 1 aliphatic heterocycles. The van der Waals surface area contributed by atoms with Crippen LogP contribution in [0, 0.1) is 3.95 Å². The monoisotopic (exact) mass is 431 g/mol. The standard InChI is InChI=1S/C20H21N3O4S2/c24-17(22-12-18(25)26)8-2-1-5-9-23-19(27)16(29-20(23)28)10-13-11-21-15-7-4-3-6-14(13)15/h3-4,6-7,10-11,27H,1-2,5,8-9,12H2,(H,22,24)(H,25,26)/b13-10-. The Labute approximate surface area is 177 Å². The molecule has 0 unspecified atom stereocenters. The molecule has 1 aromatic heterocycles. The normalized spacial score (nSPS) is 13.6. The van der Waals surface area contributed by atoms with Gasteiger partial charge in [0, 0.05) is 30.3 Å². The number of aliphatic carboxylic acids is 1. The van der Waals surface area contributed by atoms with E-state index in [1.165, 1.54) is 11.3 Å². The Morgan fingerprint density at radius 3 is 2.83 bits per heavy atom. The molecule has 0 saturated carbocycles. The van der Waals surface area contributed by atoms with E-state index in [0.717, 1.165) is 29.7 Å². The summed E-state index contributed by atoms with van der Waals surface area (Å²) in [4.78, 5) is 27.0. The number of para-hydroxylation sites is 1. The van der Waals surface area contributed by atoms with Crippen molar-refractivity contribution in [1.82, 2.24) is 9.88 Å². The number of carboxylic acid groups (broad SMARTS) is 1. The van der Waals surface area contributed by atoms with Crippen molar-refractivity contribution in [3.63, 3.8) is 0 Å². The molecule has 0 atom stereocenters. The molecular weight excluding hydrogens is 410 g/mol. The molecule has 29 heavy (non-hydrogen) atoms. The van der Waals surface area contributed by atoms with Gasteiger partial charge in [0.25, 0.3) is 0 Å². The Bertz CT molecular complexity index is 1040. The van der Waals surface area contributed by atoms with E-state index in [1.54, 1.807) is 10.8 Å². The predicted molar refractivity (Wildman–Crippen MR) is 116 cm³/mol. The van der Waals surface area contributed by atoms with Crippen LogP contribution in [0.2, 0.25) is 0 Å². The van der Waals surface area contributed by atoms with Gasteiger partial charge in [0.15, 0.2) is 3.95 Å². The highest BCUT2D eigenvalue weighted by Crippen LogP contribution is 2.35. The summed E-state index contributed by atoms with van der Waals surface area (Å²) in [5.74, 6) is -1.18. The van der Waals surface area contributed by atoms with E-state index in [2.05, 4.69) is 10.3 Å². The van der Waals surface area contributed by atoms with Crippen molar-refractivity contribution in [3.8, 4) is 5.88 Å². The van der Waals surface area contributed by atoms with Crippen LogP contribution in [-0.4, -0.2) is 39.4 Å². The zero-order chi connectivity index (χ0) is 20.8. The van der Waals surface area contributed by atoms with Crippen LogP contribution in [0.1, 0.15) is 36.1 Å². The highest BCUT2D eigenvalue weighted by molar-refractivity contribution is 7.73. The summed E-state index contributed by atoms with van der Waals surface area (Å²) < 4.78 is 2.30. The number of allylic oxidation sites excluding steroid dienone is 1. The maximum Gasteiger partial charge on any atom is 0.322 e. The van der Waals surface area contributed by atoms with E-state index in [0.29, 0.717) is 21.8 Å². The van der Waals surface area contributed by atoms with Crippen molar-refractivity contribution in [2.75, 3.05) is 6.54 Å². The molecule has 2 aromatic rings. The SMILES string of the molecule is O=C(O)CNC(=O)CCCCCn1c(O)c(/C=C2/C=Nc3ccccc32)sc1=S. The van der Waals surface area contributed by atoms with Gasteiger partial charge in [-0.3, -0.25) is 19.1 Å². The average molecular weight is 432 g/mol. The number of carboxylic acids is 1. The molecule has 3 rings (SSSR count). The fourth-order valence-corrected chi connectivity index (χ4v) is 4.31. The van der Waals surface area contributed by atoms with Crippen molar-refractivity contribution in [2.45, 2.75) is 32.2 Å². The number of amides is 1. The molecule has 7 nitrogen and oxygen atoms in total. The molecule has 0 saturated heterocycles. The van der Waals surface area contributed by atoms with Gasteiger partial charge in [0.05, 0.1) is 10.6 Å². The lowest BCUT2D eigenvalue weighted by Crippen LogP contribution is -2.28. The fraction of sp³-hybridized carbons (Fsp3) is 0.300. The number of unbranched alkanes of at least 4 members (excludes halogenated alkanes) is 2. The lowest BCUT2D eigenvalue weighted by Gasteiger charge is -2.05. The van der Waals surface area contributed by atoms with Gasteiger partial charge in [-0.05, 0) is 37.2 Å². The van der Waals surface area contributed by atoms with Crippen LogP contribution in [-0.2, 0) is 16.1 Å². The Morgan fingerprint density at radius 1 is 1.24 bits per heavy atom. The lowest BCUT2D eigenvalue weighted by molar-refractivity contribution is -0.137. The van der Waals surface area contributed by atoms with Crippen LogP contribution < -0.4 is 5.32 Å². The highest BCUT2D eigenvalue weighted by Gasteiger charge is 2.15. The summed E-state index contributed by atoms with van der Waals surface area (Å²) in [5, 5.41) is 21.4. The Kier molecular flexibility index (Phi) is 6.95. The maximum atomic E-state index is 11.5. The summed E-state index contributed by atoms with van der Waals surface area (Å²) in [6, 6.07) is 7.83. The minimum Gasteiger partial charge on any atom is -0.493 e. The second-order valence-electron chi connectivity index (χ2n) is 6.56. The summed E-state index contributed by atoms with van der Waals surface area (Å²) in [5.41, 5.74) is 2.87. The first-order chi connectivity index (χ1) is 14.0. The first-order valence-corrected chi connectivity index (χ1v) is 10.4. The number of aliphatic imine (C=N–C) groups is 1. The number of hydrogen-bond acceptors (Lipinski definition) is 6. The number of aromatic nitrogens is 1. The number of carbonyl (C=O) groups excluding carboxylic acids is 1. The Hall–Kier alpha value is -2.78. The van der Waals surface area contributed by atoms with Gasteiger partial charge in [0.1, 0.15) is 6.54 Å². The topological polar surface area (TPSA) is 104 Å². The molecule has 0 bridgehead atoms. The van der Waals surface area contributed by atoms with Gasteiger partial charge in [-0.25, -0.2) is 0 Å². The minimum atomic E-state index is -1.06. The third-order valence-corrected chi connectivity index (χ3v) is 5.85. The van der Waals surface area contributed by atoms with E-state index < -0.39 is 5.97 Å². The number of hydrogen-bond donors (Lipinski definition) is 3. The highest BCUT2D eigenvalue weighted by atomic mass is 32.1. The third kappa shape index (κ3) is 5.39. The maximum absolute atomic E-state index is 11.5. The van der Waals surface area contributed by atoms with Crippen molar-refractivity contribution < 1.29 is 19.8 Å². The molecule has 1 amide bonds. The van der Waals surface area contributed by atoms with Crippen molar-refractivity contribution in [3.05, 3.63) is 38.7 Å². The molecule has 0 aliphatic carbocycles. The van der Waals surface area contributed by atoms with E-state index in [4.69, 9.17) is 17.3 Å². The smallest absolute Gasteiger partial charge is 0.322 e. The van der Waals surface area contributed by atoms with Gasteiger partial charge >= 0.3 is 5.97 Å². The van der Waals surface area contributed by atoms with Crippen LogP contribution in [0.5, 0.6) is 5.88 Å². The fourth-order valence-electron chi connectivity index (χ4n) is 3.00. The Morgan fingerprint density at radius 2 is 2.03 bits per heavy atom. The number of rotatable bonds is 9. The first kappa shape index (κ1) is 20.9. The van der Waals surface area contributed by atoms with E-state index in [1.807, 2.05) is 30.3 Å². The van der Waals surface area contributed by atoms with Crippen LogP contribution in [0.25, 0.3) is 11.6 Å². The van der Waals surface area contributed by atoms with Crippen molar-refractivity contribution in [2.24, 2.45) is 4.99 Å². The van der Waals surface area contributed by atoms with Crippen LogP contribution in [0.15, 0.2) is 29.3 Å². The summed E-state index contributed by atoms with van der Waals surface area (Å²) in [6.07, 6.45) is 6.14. The second kappa shape index (κ2) is 9.62. The minimum absolute atomic E-state index is 0.143. The van der Waals surface area contributed by atoms with E-state index >= 15 is 0 Å².